The molecule has 3 aromatic rings. The quantitative estimate of drug-likeness (QED) is 0.541. The number of hydrogen-bond donors (Lipinski definition) is 1. The topological polar surface area (TPSA) is 54.9 Å². The number of amides is 1. The molecule has 2 aromatic carbocycles. The summed E-state index contributed by atoms with van der Waals surface area (Å²) >= 11 is 1.42. The van der Waals surface area contributed by atoms with Gasteiger partial charge in [-0.3, -0.25) is 4.79 Å². The third kappa shape index (κ3) is 4.67. The Kier molecular flexibility index (Phi) is 5.46. The third-order valence-electron chi connectivity index (χ3n) is 3.70. The minimum atomic E-state index is -0.264. The lowest BCUT2D eigenvalue weighted by molar-refractivity contribution is -0.115. The third-order valence-corrected chi connectivity index (χ3v) is 4.73. The van der Waals surface area contributed by atoms with Crippen molar-refractivity contribution < 1.29 is 4.79 Å². The van der Waals surface area contributed by atoms with Gasteiger partial charge in [-0.05, 0) is 32.0 Å². The van der Waals surface area contributed by atoms with E-state index in [-0.39, 0.29) is 11.2 Å². The van der Waals surface area contributed by atoms with Crippen LogP contribution in [0.3, 0.4) is 0 Å². The summed E-state index contributed by atoms with van der Waals surface area (Å²) < 4.78 is 0. The van der Waals surface area contributed by atoms with E-state index < -0.39 is 0 Å². The highest BCUT2D eigenvalue weighted by atomic mass is 32.2. The van der Waals surface area contributed by atoms with Crippen molar-refractivity contribution >= 4 is 23.4 Å². The van der Waals surface area contributed by atoms with E-state index in [2.05, 4.69) is 15.3 Å². The van der Waals surface area contributed by atoms with Gasteiger partial charge in [-0.25, -0.2) is 9.97 Å². The Hall–Kier alpha value is -2.66. The molecule has 126 valence electrons. The van der Waals surface area contributed by atoms with Crippen LogP contribution in [0.5, 0.6) is 0 Å². The summed E-state index contributed by atoms with van der Waals surface area (Å²) in [7, 11) is 0. The number of aryl methyl sites for hydroxylation is 1. The maximum atomic E-state index is 12.4. The number of hydrogen-bond acceptors (Lipinski definition) is 4. The number of anilines is 1. The highest BCUT2D eigenvalue weighted by Crippen LogP contribution is 2.25. The van der Waals surface area contributed by atoms with Crippen molar-refractivity contribution in [3.8, 4) is 11.3 Å². The van der Waals surface area contributed by atoms with Gasteiger partial charge in [0.15, 0.2) is 0 Å². The summed E-state index contributed by atoms with van der Waals surface area (Å²) in [6.45, 7) is 3.89. The Morgan fingerprint density at radius 2 is 1.76 bits per heavy atom. The molecule has 1 amide bonds. The molecule has 3 rings (SSSR count). The van der Waals surface area contributed by atoms with Crippen molar-refractivity contribution in [3.63, 3.8) is 0 Å². The zero-order chi connectivity index (χ0) is 17.6. The number of nitrogens with one attached hydrogen (secondary N) is 1. The summed E-state index contributed by atoms with van der Waals surface area (Å²) in [5, 5.41) is 3.45. The van der Waals surface area contributed by atoms with Crippen LogP contribution in [0.25, 0.3) is 11.3 Å². The highest BCUT2D eigenvalue weighted by Gasteiger charge is 2.16. The van der Waals surface area contributed by atoms with Crippen LogP contribution in [-0.4, -0.2) is 21.1 Å². The Balaban J connectivity index is 1.67. The molecule has 4 nitrogen and oxygen atoms in total. The van der Waals surface area contributed by atoms with Crippen LogP contribution in [0, 0.1) is 6.92 Å². The fraction of sp³-hybridized carbons (Fsp3) is 0.150. The van der Waals surface area contributed by atoms with Gasteiger partial charge in [0.25, 0.3) is 0 Å². The average molecular weight is 349 g/mol. The lowest BCUT2D eigenvalue weighted by atomic mass is 10.1. The molecule has 0 aliphatic rings. The fourth-order valence-corrected chi connectivity index (χ4v) is 3.10. The first-order chi connectivity index (χ1) is 12.1. The van der Waals surface area contributed by atoms with Crippen LogP contribution >= 0.6 is 11.8 Å². The molecule has 0 radical (unpaired) electrons. The number of benzene rings is 2. The van der Waals surface area contributed by atoms with Crippen LogP contribution in [0.15, 0.2) is 72.0 Å². The second-order valence-electron chi connectivity index (χ2n) is 5.72. The molecule has 0 aliphatic heterocycles. The smallest absolute Gasteiger partial charge is 0.237 e. The molecule has 5 heteroatoms. The summed E-state index contributed by atoms with van der Waals surface area (Å²) in [5.41, 5.74) is 3.85. The van der Waals surface area contributed by atoms with Crippen molar-refractivity contribution in [2.45, 2.75) is 24.1 Å². The van der Waals surface area contributed by atoms with Crippen LogP contribution in [0.2, 0.25) is 0 Å². The normalized spacial score (nSPS) is 11.8. The van der Waals surface area contributed by atoms with Crippen molar-refractivity contribution in [2.75, 3.05) is 5.32 Å². The first-order valence-electron chi connectivity index (χ1n) is 8.03. The molecule has 1 N–H and O–H groups in total. The zero-order valence-electron chi connectivity index (χ0n) is 14.1. The van der Waals surface area contributed by atoms with Gasteiger partial charge in [-0.2, -0.15) is 0 Å². The second-order valence-corrected chi connectivity index (χ2v) is 7.08. The van der Waals surface area contributed by atoms with Crippen molar-refractivity contribution in [1.82, 2.24) is 9.97 Å². The Bertz CT molecular complexity index is 850. The largest absolute Gasteiger partial charge is 0.325 e. The van der Waals surface area contributed by atoms with Crippen molar-refractivity contribution in [1.29, 1.82) is 0 Å². The maximum Gasteiger partial charge on any atom is 0.237 e. The molecule has 0 bridgehead atoms. The van der Waals surface area contributed by atoms with Crippen LogP contribution in [0.4, 0.5) is 5.69 Å². The molecule has 1 atom stereocenters. The molecule has 1 heterocycles. The summed E-state index contributed by atoms with van der Waals surface area (Å²) in [6, 6.07) is 19.6. The first-order valence-corrected chi connectivity index (χ1v) is 8.91. The van der Waals surface area contributed by atoms with Crippen molar-refractivity contribution in [2.24, 2.45) is 0 Å². The molecule has 25 heavy (non-hydrogen) atoms. The molecule has 0 fully saturated rings. The van der Waals surface area contributed by atoms with Crippen LogP contribution < -0.4 is 5.32 Å². The monoisotopic (exact) mass is 349 g/mol. The summed E-state index contributed by atoms with van der Waals surface area (Å²) in [5.74, 6) is -0.0475. The van der Waals surface area contributed by atoms with E-state index in [0.29, 0.717) is 0 Å². The van der Waals surface area contributed by atoms with Gasteiger partial charge in [0, 0.05) is 11.3 Å². The number of rotatable bonds is 5. The molecular weight excluding hydrogens is 330 g/mol. The number of carbonyl (C=O) groups excluding carboxylic acids is 1. The second kappa shape index (κ2) is 7.94. The van der Waals surface area contributed by atoms with Crippen LogP contribution in [-0.2, 0) is 4.79 Å². The number of aromatic nitrogens is 2. The van der Waals surface area contributed by atoms with Gasteiger partial charge in [0.1, 0.15) is 11.4 Å². The van der Waals surface area contributed by atoms with Gasteiger partial charge >= 0.3 is 0 Å². The van der Waals surface area contributed by atoms with E-state index in [1.165, 1.54) is 18.1 Å². The predicted molar refractivity (Wildman–Crippen MR) is 103 cm³/mol. The Morgan fingerprint density at radius 3 is 2.48 bits per heavy atom. The van der Waals surface area contributed by atoms with Gasteiger partial charge in [-0.1, -0.05) is 59.8 Å². The van der Waals surface area contributed by atoms with Gasteiger partial charge in [-0.15, -0.1) is 0 Å². The van der Waals surface area contributed by atoms with E-state index in [0.717, 1.165) is 27.5 Å². The number of carbonyl (C=O) groups is 1. The van der Waals surface area contributed by atoms with E-state index >= 15 is 0 Å². The average Bonchev–Trinajstić information content (AvgIpc) is 2.64. The Morgan fingerprint density at radius 1 is 1.04 bits per heavy atom. The highest BCUT2D eigenvalue weighted by molar-refractivity contribution is 8.00. The SMILES string of the molecule is Cc1ccc(NC(=O)[C@@H](C)Sc2cc(-c3ccccc3)ncn2)cc1. The maximum absolute atomic E-state index is 12.4. The molecule has 0 saturated carbocycles. The zero-order valence-corrected chi connectivity index (χ0v) is 15.0. The summed E-state index contributed by atoms with van der Waals surface area (Å²) in [6.07, 6.45) is 1.54. The van der Waals surface area contributed by atoms with E-state index in [4.69, 9.17) is 0 Å². The van der Waals surface area contributed by atoms with E-state index in [1.807, 2.05) is 74.5 Å². The Labute approximate surface area is 151 Å². The molecule has 0 spiro atoms. The summed E-state index contributed by atoms with van der Waals surface area (Å²) in [4.78, 5) is 21.0. The van der Waals surface area contributed by atoms with Crippen LogP contribution in [0.1, 0.15) is 12.5 Å². The molecular formula is C20H19N3OS. The standard InChI is InChI=1S/C20H19N3OS/c1-14-8-10-17(11-9-14)23-20(24)15(2)25-19-12-18(21-13-22-19)16-6-4-3-5-7-16/h3-13,15H,1-2H3,(H,23,24)/t15-/m1/s1. The molecule has 0 saturated heterocycles. The fourth-order valence-electron chi connectivity index (χ4n) is 2.29. The van der Waals surface area contributed by atoms with E-state index in [9.17, 15) is 4.79 Å². The minimum absolute atomic E-state index is 0.0475. The first kappa shape index (κ1) is 17.2. The van der Waals surface area contributed by atoms with Gasteiger partial charge in [0.05, 0.1) is 10.9 Å². The number of nitrogens with zero attached hydrogens (tertiary/aromatic N) is 2. The minimum Gasteiger partial charge on any atom is -0.325 e. The molecule has 1 aromatic heterocycles. The molecule has 0 unspecified atom stereocenters. The predicted octanol–water partition coefficient (Wildman–Crippen LogP) is 4.57. The molecule has 0 aliphatic carbocycles. The lowest BCUT2D eigenvalue weighted by Crippen LogP contribution is -2.22. The van der Waals surface area contributed by atoms with E-state index in [1.54, 1.807) is 0 Å². The van der Waals surface area contributed by atoms with Gasteiger partial charge in [0.2, 0.25) is 5.91 Å². The van der Waals surface area contributed by atoms with Crippen molar-refractivity contribution in [3.05, 3.63) is 72.6 Å². The number of thioether (sulfide) groups is 1. The van der Waals surface area contributed by atoms with Gasteiger partial charge < -0.3 is 5.32 Å². The lowest BCUT2D eigenvalue weighted by Gasteiger charge is -2.12.